The summed E-state index contributed by atoms with van der Waals surface area (Å²) in [7, 11) is -1.76. The van der Waals surface area contributed by atoms with Crippen molar-refractivity contribution in [3.8, 4) is 5.75 Å². The molecule has 1 aromatic rings. The van der Waals surface area contributed by atoms with Crippen LogP contribution in [-0.2, 0) is 0 Å². The van der Waals surface area contributed by atoms with Crippen LogP contribution in [0.5, 0.6) is 5.75 Å². The summed E-state index contributed by atoms with van der Waals surface area (Å²) >= 11 is 0. The molecule has 0 saturated heterocycles. The van der Waals surface area contributed by atoms with Crippen LogP contribution in [0.3, 0.4) is 0 Å². The van der Waals surface area contributed by atoms with Gasteiger partial charge in [-0.05, 0) is 63.5 Å². The van der Waals surface area contributed by atoms with E-state index in [1.807, 2.05) is 6.07 Å². The first kappa shape index (κ1) is 19.0. The average molecular weight is 372 g/mol. The van der Waals surface area contributed by atoms with Crippen LogP contribution in [-0.4, -0.2) is 17.7 Å². The lowest BCUT2D eigenvalue weighted by atomic mass is 9.99. The first-order valence-electron chi connectivity index (χ1n) is 9.49. The third-order valence-electron chi connectivity index (χ3n) is 5.98. The fourth-order valence-corrected chi connectivity index (χ4v) is 9.49. The van der Waals surface area contributed by atoms with E-state index < -0.39 is 13.6 Å². The van der Waals surface area contributed by atoms with Crippen molar-refractivity contribution in [3.63, 3.8) is 0 Å². The Kier molecular flexibility index (Phi) is 5.98. The van der Waals surface area contributed by atoms with Crippen molar-refractivity contribution in [2.24, 2.45) is 0 Å². The Morgan fingerprint density at radius 2 is 1.40 bits per heavy atom. The molecule has 3 rings (SSSR count). The smallest absolute Gasteiger partial charge is 0.406 e. The van der Waals surface area contributed by atoms with E-state index in [9.17, 15) is 13.2 Å². The summed E-state index contributed by atoms with van der Waals surface area (Å²) in [6, 6.07) is 6.76. The average Bonchev–Trinajstić information content (AvgIpc) is 2.61. The Hall–Kier alpha value is -0.760. The largest absolute Gasteiger partial charge is 0.573 e. The van der Waals surface area contributed by atoms with Crippen LogP contribution in [0.15, 0.2) is 24.3 Å². The molecule has 0 N–H and O–H groups in total. The molecule has 2 aliphatic carbocycles. The fraction of sp³-hybridized carbons (Fsp3) is 0.650. The lowest BCUT2D eigenvalue weighted by Gasteiger charge is -2.46. The molecule has 25 heavy (non-hydrogen) atoms. The van der Waals surface area contributed by atoms with Crippen molar-refractivity contribution in [2.45, 2.75) is 81.9 Å². The molecule has 1 aromatic carbocycles. The van der Waals surface area contributed by atoms with Gasteiger partial charge in [0.1, 0.15) is 5.75 Å². The standard InChI is InChI=1S/C20H28F3OP/c1-25(17-10-4-2-5-11-17,18-12-6-3-7-13-18)19-14-8-9-16(15-19)24-20(21,22)23/h8-9,14-15,17-18H,1-7,10-13H2. The zero-order chi connectivity index (χ0) is 17.9. The maximum Gasteiger partial charge on any atom is 0.573 e. The lowest BCUT2D eigenvalue weighted by Crippen LogP contribution is -2.33. The van der Waals surface area contributed by atoms with Crippen LogP contribution in [0, 0.1) is 6.66 Å². The van der Waals surface area contributed by atoms with E-state index in [1.54, 1.807) is 12.1 Å². The summed E-state index contributed by atoms with van der Waals surface area (Å²) in [5, 5.41) is 1.04. The first-order valence-corrected chi connectivity index (χ1v) is 11.6. The van der Waals surface area contributed by atoms with E-state index in [1.165, 1.54) is 70.3 Å². The van der Waals surface area contributed by atoms with Crippen molar-refractivity contribution in [1.82, 2.24) is 0 Å². The van der Waals surface area contributed by atoms with Gasteiger partial charge in [-0.1, -0.05) is 26.2 Å². The van der Waals surface area contributed by atoms with E-state index in [0.29, 0.717) is 11.3 Å². The van der Waals surface area contributed by atoms with Gasteiger partial charge in [-0.3, -0.25) is 0 Å². The predicted octanol–water partition coefficient (Wildman–Crippen LogP) is 6.69. The highest BCUT2D eigenvalue weighted by Crippen LogP contribution is 2.70. The Morgan fingerprint density at radius 1 is 0.880 bits per heavy atom. The highest BCUT2D eigenvalue weighted by Gasteiger charge is 2.44. The van der Waals surface area contributed by atoms with Crippen LogP contribution in [0.4, 0.5) is 13.2 Å². The summed E-state index contributed by atoms with van der Waals surface area (Å²) in [5.41, 5.74) is 1.12. The number of ether oxygens (including phenoxy) is 1. The van der Waals surface area contributed by atoms with E-state index in [-0.39, 0.29) is 5.75 Å². The quantitative estimate of drug-likeness (QED) is 0.423. The van der Waals surface area contributed by atoms with Crippen LogP contribution < -0.4 is 10.0 Å². The molecular weight excluding hydrogens is 344 g/mol. The zero-order valence-corrected chi connectivity index (χ0v) is 15.6. The second-order valence-corrected chi connectivity index (χ2v) is 11.4. The maximum atomic E-state index is 12.7. The Labute approximate surface area is 149 Å². The molecule has 0 aliphatic heterocycles. The molecule has 0 spiro atoms. The molecule has 2 fully saturated rings. The normalized spacial score (nSPS) is 21.3. The van der Waals surface area contributed by atoms with E-state index in [2.05, 4.69) is 4.74 Å². The maximum absolute atomic E-state index is 12.7. The second-order valence-electron chi connectivity index (χ2n) is 7.56. The minimum absolute atomic E-state index is 0.0929. The molecule has 2 saturated carbocycles. The highest BCUT2D eigenvalue weighted by atomic mass is 31.2. The Morgan fingerprint density at radius 3 is 1.88 bits per heavy atom. The number of rotatable bonds is 4. The van der Waals surface area contributed by atoms with E-state index >= 15 is 0 Å². The number of hydrogen-bond acceptors (Lipinski definition) is 1. The van der Waals surface area contributed by atoms with Gasteiger partial charge in [0.15, 0.2) is 0 Å². The van der Waals surface area contributed by atoms with Gasteiger partial charge in [0, 0.05) is 17.4 Å². The molecule has 0 amide bonds. The van der Waals surface area contributed by atoms with Crippen molar-refractivity contribution in [3.05, 3.63) is 30.9 Å². The van der Waals surface area contributed by atoms with Crippen molar-refractivity contribution >= 4 is 12.6 Å². The summed E-state index contributed by atoms with van der Waals surface area (Å²) in [6.45, 7) is 4.80. The van der Waals surface area contributed by atoms with Crippen LogP contribution in [0.2, 0.25) is 0 Å². The molecule has 0 unspecified atom stereocenters. The number of halogens is 3. The van der Waals surface area contributed by atoms with Gasteiger partial charge < -0.3 is 4.74 Å². The fourth-order valence-electron chi connectivity index (χ4n) is 4.74. The third-order valence-corrected chi connectivity index (χ3v) is 10.9. The van der Waals surface area contributed by atoms with Gasteiger partial charge in [0.25, 0.3) is 0 Å². The number of hydrogen-bond donors (Lipinski definition) is 0. The van der Waals surface area contributed by atoms with Gasteiger partial charge in [-0.25, -0.2) is 0 Å². The van der Waals surface area contributed by atoms with E-state index in [4.69, 9.17) is 6.66 Å². The molecule has 0 radical (unpaired) electrons. The summed E-state index contributed by atoms with van der Waals surface area (Å²) < 4.78 is 42.2. The number of benzene rings is 1. The molecule has 0 heterocycles. The van der Waals surface area contributed by atoms with Gasteiger partial charge in [-0.15, -0.1) is 13.2 Å². The van der Waals surface area contributed by atoms with Crippen molar-refractivity contribution in [2.75, 3.05) is 0 Å². The summed E-state index contributed by atoms with van der Waals surface area (Å²) in [5.74, 6) is -0.0929. The van der Waals surface area contributed by atoms with Crippen LogP contribution >= 0.6 is 7.26 Å². The van der Waals surface area contributed by atoms with Gasteiger partial charge >= 0.3 is 6.36 Å². The SMILES string of the molecule is [CH2-][P+](c1cccc(OC(F)(F)F)c1)(C1CCCCC1)C1CCCCC1. The molecule has 0 aromatic heterocycles. The zero-order valence-electron chi connectivity index (χ0n) is 14.7. The monoisotopic (exact) mass is 372 g/mol. The van der Waals surface area contributed by atoms with Crippen molar-refractivity contribution in [1.29, 1.82) is 0 Å². The molecule has 0 bridgehead atoms. The molecule has 1 nitrogen and oxygen atoms in total. The van der Waals surface area contributed by atoms with E-state index in [0.717, 1.165) is 5.30 Å². The predicted molar refractivity (Wildman–Crippen MR) is 98.8 cm³/mol. The van der Waals surface area contributed by atoms with Gasteiger partial charge in [0.05, 0.1) is 5.30 Å². The number of alkyl halides is 3. The lowest BCUT2D eigenvalue weighted by molar-refractivity contribution is -0.274. The Bertz CT molecular complexity index is 542. The minimum atomic E-state index is -4.64. The second kappa shape index (κ2) is 7.86. The topological polar surface area (TPSA) is 9.23 Å². The first-order chi connectivity index (χ1) is 11.9. The molecule has 0 atom stereocenters. The molecule has 5 heteroatoms. The van der Waals surface area contributed by atoms with Crippen molar-refractivity contribution < 1.29 is 17.9 Å². The molecule has 2 aliphatic rings. The van der Waals surface area contributed by atoms with Crippen LogP contribution in [0.1, 0.15) is 64.2 Å². The molecular formula is C20H28F3OP. The third kappa shape index (κ3) is 4.51. The summed E-state index contributed by atoms with van der Waals surface area (Å²) in [6.07, 6.45) is 7.54. The molecule has 140 valence electrons. The highest BCUT2D eigenvalue weighted by molar-refractivity contribution is 7.85. The van der Waals surface area contributed by atoms with Gasteiger partial charge in [0.2, 0.25) is 0 Å². The summed E-state index contributed by atoms with van der Waals surface area (Å²) in [4.78, 5) is 0. The minimum Gasteiger partial charge on any atom is -0.406 e. The van der Waals surface area contributed by atoms with Crippen LogP contribution in [0.25, 0.3) is 0 Å². The van der Waals surface area contributed by atoms with Gasteiger partial charge in [-0.2, -0.15) is 6.66 Å². The Balaban J connectivity index is 1.94.